The van der Waals surface area contributed by atoms with Crippen LogP contribution in [-0.2, 0) is 5.41 Å². The fourth-order valence-corrected chi connectivity index (χ4v) is 1.77. The van der Waals surface area contributed by atoms with E-state index >= 15 is 0 Å². The zero-order valence-electron chi connectivity index (χ0n) is 12.3. The van der Waals surface area contributed by atoms with Gasteiger partial charge in [-0.25, -0.2) is 0 Å². The summed E-state index contributed by atoms with van der Waals surface area (Å²) < 4.78 is 5.59. The minimum atomic E-state index is -0.274. The molecule has 1 aromatic heterocycles. The maximum absolute atomic E-state index is 12.1. The molecule has 1 aromatic carbocycles. The van der Waals surface area contributed by atoms with Gasteiger partial charge in [0.15, 0.2) is 5.76 Å². The molecule has 0 atom stereocenters. The lowest BCUT2D eigenvalue weighted by molar-refractivity contribution is 0.0993. The van der Waals surface area contributed by atoms with Crippen LogP contribution in [0.5, 0.6) is 0 Å². The Morgan fingerprint density at radius 1 is 1.20 bits per heavy atom. The second-order valence-corrected chi connectivity index (χ2v) is 5.94. The summed E-state index contributed by atoms with van der Waals surface area (Å²) in [5, 5.41) is 2.78. The minimum absolute atomic E-state index is 0.118. The van der Waals surface area contributed by atoms with Crippen molar-refractivity contribution in [1.82, 2.24) is 0 Å². The number of nitrogens with one attached hydrogen (secondary N) is 1. The van der Waals surface area contributed by atoms with E-state index in [1.165, 1.54) is 0 Å². The number of hydrogen-bond donors (Lipinski definition) is 2. The molecule has 0 bridgehead atoms. The van der Waals surface area contributed by atoms with Crippen LogP contribution < -0.4 is 11.1 Å². The van der Waals surface area contributed by atoms with Gasteiger partial charge in [-0.2, -0.15) is 0 Å². The van der Waals surface area contributed by atoms with Crippen molar-refractivity contribution in [3.63, 3.8) is 0 Å². The Kier molecular flexibility index (Phi) is 3.57. The summed E-state index contributed by atoms with van der Waals surface area (Å²) in [6, 6.07) is 8.94. The van der Waals surface area contributed by atoms with Crippen LogP contribution in [0.25, 0.3) is 0 Å². The highest BCUT2D eigenvalue weighted by Gasteiger charge is 2.20. The molecule has 3 N–H and O–H groups in total. The number of nitrogen functional groups attached to an aromatic ring is 1. The molecule has 1 heterocycles. The van der Waals surface area contributed by atoms with E-state index in [-0.39, 0.29) is 11.3 Å². The summed E-state index contributed by atoms with van der Waals surface area (Å²) in [7, 11) is 0. The third-order valence-corrected chi connectivity index (χ3v) is 3.11. The van der Waals surface area contributed by atoms with Crippen LogP contribution in [0.3, 0.4) is 0 Å². The van der Waals surface area contributed by atoms with Crippen molar-refractivity contribution in [3.05, 3.63) is 47.4 Å². The van der Waals surface area contributed by atoms with Crippen LogP contribution >= 0.6 is 0 Å². The van der Waals surface area contributed by atoms with Crippen LogP contribution in [0, 0.1) is 6.92 Å². The minimum Gasteiger partial charge on any atom is -0.455 e. The molecule has 4 nitrogen and oxygen atoms in total. The number of nitrogens with two attached hydrogens (primary N) is 1. The zero-order valence-corrected chi connectivity index (χ0v) is 12.3. The van der Waals surface area contributed by atoms with E-state index in [1.54, 1.807) is 12.1 Å². The predicted octanol–water partition coefficient (Wildman–Crippen LogP) is 3.72. The predicted molar refractivity (Wildman–Crippen MR) is 81.0 cm³/mol. The van der Waals surface area contributed by atoms with E-state index in [9.17, 15) is 4.79 Å². The first-order valence-electron chi connectivity index (χ1n) is 6.55. The Bertz CT molecular complexity index is 636. The fraction of sp³-hybridized carbons (Fsp3) is 0.312. The highest BCUT2D eigenvalue weighted by atomic mass is 16.4. The number of hydrogen-bond acceptors (Lipinski definition) is 3. The topological polar surface area (TPSA) is 68.3 Å². The first-order chi connectivity index (χ1) is 9.27. The molecule has 106 valence electrons. The Labute approximate surface area is 119 Å². The third-order valence-electron chi connectivity index (χ3n) is 3.11. The average molecular weight is 272 g/mol. The van der Waals surface area contributed by atoms with Gasteiger partial charge in [-0.05, 0) is 36.8 Å². The second kappa shape index (κ2) is 5.04. The van der Waals surface area contributed by atoms with Gasteiger partial charge in [0.1, 0.15) is 5.76 Å². The van der Waals surface area contributed by atoms with Crippen molar-refractivity contribution >= 4 is 17.3 Å². The number of aryl methyl sites for hydroxylation is 1. The van der Waals surface area contributed by atoms with Crippen molar-refractivity contribution in [3.8, 4) is 0 Å². The smallest absolute Gasteiger partial charge is 0.291 e. The van der Waals surface area contributed by atoms with Gasteiger partial charge in [-0.3, -0.25) is 4.79 Å². The van der Waals surface area contributed by atoms with Gasteiger partial charge in [0, 0.05) is 16.8 Å². The molecule has 0 fully saturated rings. The van der Waals surface area contributed by atoms with Gasteiger partial charge < -0.3 is 15.5 Å². The van der Waals surface area contributed by atoms with Crippen LogP contribution in [0.1, 0.15) is 42.6 Å². The summed E-state index contributed by atoms with van der Waals surface area (Å²) in [5.41, 5.74) is 8.00. The van der Waals surface area contributed by atoms with E-state index < -0.39 is 0 Å². The number of benzene rings is 1. The number of furan rings is 1. The maximum Gasteiger partial charge on any atom is 0.291 e. The normalized spacial score (nSPS) is 11.4. The van der Waals surface area contributed by atoms with Crippen LogP contribution in [0.2, 0.25) is 0 Å². The number of rotatable bonds is 2. The van der Waals surface area contributed by atoms with E-state index in [0.717, 1.165) is 11.3 Å². The molecule has 0 radical (unpaired) electrons. The summed E-state index contributed by atoms with van der Waals surface area (Å²) in [6.45, 7) is 8.03. The summed E-state index contributed by atoms with van der Waals surface area (Å²) >= 11 is 0. The molecule has 0 aliphatic rings. The fourth-order valence-electron chi connectivity index (χ4n) is 1.77. The van der Waals surface area contributed by atoms with Crippen LogP contribution in [-0.4, -0.2) is 5.91 Å². The van der Waals surface area contributed by atoms with Crippen molar-refractivity contribution in [1.29, 1.82) is 0 Å². The summed E-state index contributed by atoms with van der Waals surface area (Å²) in [5.74, 6) is 0.809. The van der Waals surface area contributed by atoms with Gasteiger partial charge in [-0.1, -0.05) is 26.8 Å². The largest absolute Gasteiger partial charge is 0.455 e. The molecule has 20 heavy (non-hydrogen) atoms. The Morgan fingerprint density at radius 2 is 1.90 bits per heavy atom. The standard InChI is InChI=1S/C16H20N2O2/c1-10-5-6-11(9-12(10)17)18-15(19)13-7-8-14(20-13)16(2,3)4/h5-9H,17H2,1-4H3,(H,18,19). The molecule has 0 aliphatic heterocycles. The highest BCUT2D eigenvalue weighted by Crippen LogP contribution is 2.25. The molecule has 0 spiro atoms. The molecule has 1 amide bonds. The van der Waals surface area contributed by atoms with Gasteiger partial charge in [-0.15, -0.1) is 0 Å². The van der Waals surface area contributed by atoms with Crippen molar-refractivity contribution in [2.45, 2.75) is 33.1 Å². The van der Waals surface area contributed by atoms with E-state index in [0.29, 0.717) is 17.1 Å². The summed E-state index contributed by atoms with van der Waals surface area (Å²) in [4.78, 5) is 12.1. The monoisotopic (exact) mass is 272 g/mol. The van der Waals surface area contributed by atoms with Gasteiger partial charge in [0.05, 0.1) is 0 Å². The lowest BCUT2D eigenvalue weighted by atomic mass is 9.94. The van der Waals surface area contributed by atoms with Crippen molar-refractivity contribution < 1.29 is 9.21 Å². The van der Waals surface area contributed by atoms with Crippen LogP contribution in [0.15, 0.2) is 34.7 Å². The number of carbonyl (C=O) groups excluding carboxylic acids is 1. The zero-order chi connectivity index (χ0) is 14.9. The third kappa shape index (κ3) is 3.02. The van der Waals surface area contributed by atoms with Crippen molar-refractivity contribution in [2.24, 2.45) is 0 Å². The quantitative estimate of drug-likeness (QED) is 0.819. The van der Waals surface area contributed by atoms with Gasteiger partial charge in [0.25, 0.3) is 5.91 Å². The summed E-state index contributed by atoms with van der Waals surface area (Å²) in [6.07, 6.45) is 0. The first-order valence-corrected chi connectivity index (χ1v) is 6.55. The Balaban J connectivity index is 2.16. The molecule has 0 saturated carbocycles. The lowest BCUT2D eigenvalue weighted by Crippen LogP contribution is -2.12. The average Bonchev–Trinajstić information content (AvgIpc) is 2.83. The van der Waals surface area contributed by atoms with E-state index in [2.05, 4.69) is 5.32 Å². The number of carbonyl (C=O) groups is 1. The molecule has 0 saturated heterocycles. The van der Waals surface area contributed by atoms with Gasteiger partial charge >= 0.3 is 0 Å². The van der Waals surface area contributed by atoms with E-state index in [1.807, 2.05) is 45.9 Å². The lowest BCUT2D eigenvalue weighted by Gasteiger charge is -2.14. The SMILES string of the molecule is Cc1ccc(NC(=O)c2ccc(C(C)(C)C)o2)cc1N. The molecule has 2 aromatic rings. The molecule has 4 heteroatoms. The molecule has 2 rings (SSSR count). The molecule has 0 unspecified atom stereocenters. The molecular weight excluding hydrogens is 252 g/mol. The number of amides is 1. The number of anilines is 2. The maximum atomic E-state index is 12.1. The van der Waals surface area contributed by atoms with Crippen molar-refractivity contribution in [2.75, 3.05) is 11.1 Å². The molecular formula is C16H20N2O2. The Hall–Kier alpha value is -2.23. The van der Waals surface area contributed by atoms with Gasteiger partial charge in [0.2, 0.25) is 0 Å². The highest BCUT2D eigenvalue weighted by molar-refractivity contribution is 6.02. The van der Waals surface area contributed by atoms with Crippen LogP contribution in [0.4, 0.5) is 11.4 Å². The van der Waals surface area contributed by atoms with E-state index in [4.69, 9.17) is 10.2 Å². The Morgan fingerprint density at radius 3 is 2.45 bits per heavy atom. The molecule has 0 aliphatic carbocycles. The first kappa shape index (κ1) is 14.2. The second-order valence-electron chi connectivity index (χ2n) is 5.94.